The van der Waals surface area contributed by atoms with Gasteiger partial charge in [0, 0.05) is 39.0 Å². The van der Waals surface area contributed by atoms with E-state index in [4.69, 9.17) is 18.9 Å². The summed E-state index contributed by atoms with van der Waals surface area (Å²) in [6.07, 6.45) is 12.8. The molecule has 2 fully saturated rings. The van der Waals surface area contributed by atoms with Crippen molar-refractivity contribution in [2.24, 2.45) is 17.8 Å². The van der Waals surface area contributed by atoms with Gasteiger partial charge in [0.1, 0.15) is 19.3 Å². The smallest absolute Gasteiger partial charge is 0.329 e. The second-order valence-electron chi connectivity index (χ2n) is 13.5. The van der Waals surface area contributed by atoms with Gasteiger partial charge in [0.2, 0.25) is 5.79 Å². The number of amides is 1. The van der Waals surface area contributed by atoms with Gasteiger partial charge in [-0.25, -0.2) is 4.79 Å². The lowest BCUT2D eigenvalue weighted by atomic mass is 9.85. The number of likely N-dealkylation sites (tertiary alicyclic amines) is 1. The van der Waals surface area contributed by atoms with Crippen LogP contribution in [0.1, 0.15) is 78.2 Å². The maximum absolute atomic E-state index is 13.7. The molecular weight excluding hydrogens is 626 g/mol. The third kappa shape index (κ3) is 11.6. The Morgan fingerprint density at radius 1 is 1.04 bits per heavy atom. The average Bonchev–Trinajstić information content (AvgIpc) is 3.10. The van der Waals surface area contributed by atoms with E-state index in [9.17, 15) is 24.3 Å². The molecule has 1 N–H and O–H groups in total. The normalized spacial score (nSPS) is 25.2. The molecule has 0 aliphatic carbocycles. The van der Waals surface area contributed by atoms with E-state index < -0.39 is 41.5 Å². The number of ether oxygens (including phenoxy) is 4. The first-order chi connectivity index (χ1) is 23.4. The molecule has 1 aromatic rings. The molecule has 10 heteroatoms. The highest BCUT2D eigenvalue weighted by Crippen LogP contribution is 2.36. The highest BCUT2D eigenvalue weighted by molar-refractivity contribution is 6.39. The molecule has 0 saturated carbocycles. The first kappa shape index (κ1) is 40.0. The number of carbonyl (C=O) groups excluding carboxylic acids is 4. The number of benzene rings is 1. The standard InChI is InChI=1S/C39H55NO9/c1-27(23-29(3)34(41)26-46-5)15-9-7-10-16-28(2)35(47-6)24-32-21-20-30(4)39(45,49-32)36(42)37(43)40-22-14-13-19-33(40)38(44)48-25-31-17-11-8-12-18-31/h7-12,15-18,27,29-30,32-33,35,45H,13-14,19-26H2,1-6H3/b10-7+,15-9-,28-16+/t27-,29-,30-,32+,33+,35+,39-/m1/s1. The van der Waals surface area contributed by atoms with Crippen LogP contribution >= 0.6 is 0 Å². The van der Waals surface area contributed by atoms with E-state index in [1.54, 1.807) is 14.0 Å². The maximum Gasteiger partial charge on any atom is 0.329 e. The zero-order chi connectivity index (χ0) is 36.0. The van der Waals surface area contributed by atoms with E-state index in [0.717, 1.165) is 24.0 Å². The molecule has 0 spiro atoms. The molecule has 0 bridgehead atoms. The lowest BCUT2D eigenvalue weighted by Crippen LogP contribution is -2.60. The molecule has 1 amide bonds. The van der Waals surface area contributed by atoms with Crippen molar-refractivity contribution >= 4 is 23.4 Å². The number of allylic oxidation sites excluding steroid dienone is 5. The summed E-state index contributed by atoms with van der Waals surface area (Å²) >= 11 is 0. The van der Waals surface area contributed by atoms with E-state index in [-0.39, 0.29) is 43.5 Å². The van der Waals surface area contributed by atoms with Gasteiger partial charge < -0.3 is 29.0 Å². The summed E-state index contributed by atoms with van der Waals surface area (Å²) in [5, 5.41) is 11.6. The Hall–Kier alpha value is -3.44. The van der Waals surface area contributed by atoms with Gasteiger partial charge in [0.25, 0.3) is 11.7 Å². The number of aliphatic hydroxyl groups is 1. The van der Waals surface area contributed by atoms with Crippen molar-refractivity contribution in [3.63, 3.8) is 0 Å². The molecule has 0 unspecified atom stereocenters. The number of nitrogens with zero attached hydrogens (tertiary/aromatic N) is 1. The van der Waals surface area contributed by atoms with Crippen LogP contribution in [0.4, 0.5) is 0 Å². The molecule has 7 atom stereocenters. The van der Waals surface area contributed by atoms with Crippen LogP contribution in [0.25, 0.3) is 0 Å². The van der Waals surface area contributed by atoms with Crippen LogP contribution < -0.4 is 0 Å². The molecule has 270 valence electrons. The summed E-state index contributed by atoms with van der Waals surface area (Å²) in [6, 6.07) is 8.35. The Morgan fingerprint density at radius 2 is 1.78 bits per heavy atom. The fraction of sp³-hybridized carbons (Fsp3) is 0.590. The maximum atomic E-state index is 13.7. The van der Waals surface area contributed by atoms with E-state index in [1.807, 2.05) is 68.5 Å². The number of methoxy groups -OCH3 is 2. The number of hydrogen-bond acceptors (Lipinski definition) is 9. The van der Waals surface area contributed by atoms with Gasteiger partial charge in [-0.2, -0.15) is 0 Å². The molecule has 0 aromatic heterocycles. The van der Waals surface area contributed by atoms with Crippen LogP contribution in [0.15, 0.2) is 66.3 Å². The number of ketones is 2. The molecule has 2 heterocycles. The third-order valence-corrected chi connectivity index (χ3v) is 9.57. The van der Waals surface area contributed by atoms with E-state index in [0.29, 0.717) is 32.1 Å². The van der Waals surface area contributed by atoms with Crippen molar-refractivity contribution in [3.8, 4) is 0 Å². The first-order valence-electron chi connectivity index (χ1n) is 17.4. The quantitative estimate of drug-likeness (QED) is 0.128. The highest BCUT2D eigenvalue weighted by Gasteiger charge is 2.52. The van der Waals surface area contributed by atoms with Gasteiger partial charge in [-0.15, -0.1) is 0 Å². The van der Waals surface area contributed by atoms with Gasteiger partial charge >= 0.3 is 5.97 Å². The summed E-state index contributed by atoms with van der Waals surface area (Å²) in [4.78, 5) is 53.6. The summed E-state index contributed by atoms with van der Waals surface area (Å²) in [5.74, 6) is -5.25. The molecule has 2 saturated heterocycles. The monoisotopic (exact) mass is 681 g/mol. The molecule has 49 heavy (non-hydrogen) atoms. The summed E-state index contributed by atoms with van der Waals surface area (Å²) < 4.78 is 22.3. The molecular formula is C39H55NO9. The molecule has 1 aromatic carbocycles. The number of rotatable bonds is 17. The molecule has 2 aliphatic rings. The first-order valence-corrected chi connectivity index (χ1v) is 17.4. The topological polar surface area (TPSA) is 129 Å². The minimum atomic E-state index is -2.32. The Labute approximate surface area is 291 Å². The fourth-order valence-electron chi connectivity index (χ4n) is 6.42. The van der Waals surface area contributed by atoms with Crippen LogP contribution in [-0.4, -0.2) is 84.9 Å². The van der Waals surface area contributed by atoms with Gasteiger partial charge in [0.15, 0.2) is 5.78 Å². The number of esters is 1. The van der Waals surface area contributed by atoms with Gasteiger partial charge in [-0.3, -0.25) is 14.4 Å². The summed E-state index contributed by atoms with van der Waals surface area (Å²) in [5.41, 5.74) is 1.75. The highest BCUT2D eigenvalue weighted by atomic mass is 16.6. The van der Waals surface area contributed by atoms with E-state index in [2.05, 4.69) is 13.0 Å². The number of carbonyl (C=O) groups is 4. The Morgan fingerprint density at radius 3 is 2.47 bits per heavy atom. The molecule has 0 radical (unpaired) electrons. The lowest BCUT2D eigenvalue weighted by Gasteiger charge is -2.42. The number of Topliss-reactive ketones (excluding diaryl/α,β-unsaturated/α-hetero) is 2. The Bertz CT molecular complexity index is 1340. The minimum Gasteiger partial charge on any atom is -0.459 e. The molecule has 3 rings (SSSR count). The van der Waals surface area contributed by atoms with Gasteiger partial charge in [-0.1, -0.05) is 81.5 Å². The van der Waals surface area contributed by atoms with E-state index in [1.165, 1.54) is 12.0 Å². The predicted octanol–water partition coefficient (Wildman–Crippen LogP) is 5.53. The Balaban J connectivity index is 1.60. The zero-order valence-electron chi connectivity index (χ0n) is 30.0. The second-order valence-corrected chi connectivity index (χ2v) is 13.5. The van der Waals surface area contributed by atoms with Crippen LogP contribution in [-0.2, 0) is 44.7 Å². The van der Waals surface area contributed by atoms with Gasteiger partial charge in [0.05, 0.1) is 12.2 Å². The van der Waals surface area contributed by atoms with Crippen LogP contribution in [0.3, 0.4) is 0 Å². The summed E-state index contributed by atoms with van der Waals surface area (Å²) in [6.45, 7) is 8.03. The van der Waals surface area contributed by atoms with Crippen molar-refractivity contribution in [1.29, 1.82) is 0 Å². The van der Waals surface area contributed by atoms with E-state index >= 15 is 0 Å². The van der Waals surface area contributed by atoms with Crippen molar-refractivity contribution < 1.29 is 43.2 Å². The lowest BCUT2D eigenvalue weighted by molar-refractivity contribution is -0.265. The van der Waals surface area contributed by atoms with Crippen LogP contribution in [0.2, 0.25) is 0 Å². The minimum absolute atomic E-state index is 0.0658. The fourth-order valence-corrected chi connectivity index (χ4v) is 6.42. The van der Waals surface area contributed by atoms with Crippen molar-refractivity contribution in [1.82, 2.24) is 4.90 Å². The molecule has 2 aliphatic heterocycles. The Kier molecular flexibility index (Phi) is 16.1. The van der Waals surface area contributed by atoms with Crippen LogP contribution in [0.5, 0.6) is 0 Å². The average molecular weight is 682 g/mol. The largest absolute Gasteiger partial charge is 0.459 e. The number of piperidine rings is 1. The second kappa shape index (κ2) is 19.7. The van der Waals surface area contributed by atoms with Crippen LogP contribution in [0, 0.1) is 17.8 Å². The van der Waals surface area contributed by atoms with Crippen molar-refractivity contribution in [2.75, 3.05) is 27.4 Å². The van der Waals surface area contributed by atoms with Gasteiger partial charge in [-0.05, 0) is 62.5 Å². The van der Waals surface area contributed by atoms with Crippen molar-refractivity contribution in [2.45, 2.75) is 103 Å². The summed E-state index contributed by atoms with van der Waals surface area (Å²) in [7, 11) is 3.12. The van der Waals surface area contributed by atoms with Crippen molar-refractivity contribution in [3.05, 3.63) is 71.8 Å². The SMILES string of the molecule is COCC(=O)[C@H](C)C[C@H](C)\C=C/C=C/C=C(\C)[C@H](C[C@@H]1CC[C@@H](C)[C@](O)(C(=O)C(=O)N2CCCC[C@H]2C(=O)OCc2ccccc2)O1)OC. The zero-order valence-corrected chi connectivity index (χ0v) is 30.0. The third-order valence-electron chi connectivity index (χ3n) is 9.57. The molecule has 10 nitrogen and oxygen atoms in total. The predicted molar refractivity (Wildman–Crippen MR) is 186 cm³/mol. The number of hydrogen-bond donors (Lipinski definition) is 1.